The summed E-state index contributed by atoms with van der Waals surface area (Å²) in [6.45, 7) is 3.90. The molecule has 0 saturated carbocycles. The highest BCUT2D eigenvalue weighted by molar-refractivity contribution is 6.05. The number of nitrogens with one attached hydrogen (secondary N) is 1. The lowest BCUT2D eigenvalue weighted by Crippen LogP contribution is -2.33. The van der Waals surface area contributed by atoms with E-state index < -0.39 is 0 Å². The van der Waals surface area contributed by atoms with Crippen molar-refractivity contribution in [3.05, 3.63) is 59.9 Å². The van der Waals surface area contributed by atoms with Crippen LogP contribution in [0.5, 0.6) is 5.75 Å². The van der Waals surface area contributed by atoms with Crippen molar-refractivity contribution in [1.82, 2.24) is 5.32 Å². The van der Waals surface area contributed by atoms with Crippen LogP contribution in [0.25, 0.3) is 0 Å². The molecule has 1 atom stereocenters. The normalized spacial score (nSPS) is 16.1. The van der Waals surface area contributed by atoms with Crippen LogP contribution in [-0.4, -0.2) is 32.1 Å². The van der Waals surface area contributed by atoms with Crippen molar-refractivity contribution in [3.8, 4) is 5.75 Å². The van der Waals surface area contributed by atoms with Crippen molar-refractivity contribution in [2.24, 2.45) is 5.10 Å². The van der Waals surface area contributed by atoms with Crippen LogP contribution < -0.4 is 15.1 Å². The number of nitrogens with zero attached hydrogens (tertiary/aromatic N) is 2. The van der Waals surface area contributed by atoms with Gasteiger partial charge in [-0.05, 0) is 81.8 Å². The maximum atomic E-state index is 10.8. The Labute approximate surface area is 155 Å². The Morgan fingerprint density at radius 1 is 1.31 bits per heavy atom. The third kappa shape index (κ3) is 5.43. The van der Waals surface area contributed by atoms with Gasteiger partial charge in [0, 0.05) is 13.1 Å². The Bertz CT molecular complexity index is 730. The number of rotatable bonds is 8. The van der Waals surface area contributed by atoms with Crippen LogP contribution in [0.4, 0.5) is 5.69 Å². The fourth-order valence-electron chi connectivity index (χ4n) is 2.58. The molecule has 1 aromatic carbocycles. The van der Waals surface area contributed by atoms with Gasteiger partial charge in [0.15, 0.2) is 0 Å². The van der Waals surface area contributed by atoms with Gasteiger partial charge in [-0.25, -0.2) is 0 Å². The summed E-state index contributed by atoms with van der Waals surface area (Å²) in [5.74, 6) is 1.68. The zero-order valence-electron chi connectivity index (χ0n) is 15.9. The minimum atomic E-state index is 0.0290. The van der Waals surface area contributed by atoms with Gasteiger partial charge in [-0.2, -0.15) is 5.10 Å². The Hall–Kier alpha value is -2.66. The Morgan fingerprint density at radius 3 is 2.62 bits per heavy atom. The number of ether oxygens (including phenoxy) is 1. The van der Waals surface area contributed by atoms with Crippen molar-refractivity contribution in [1.29, 1.82) is 0 Å². The Balaban J connectivity index is 2.15. The molecule has 0 bridgehead atoms. The van der Waals surface area contributed by atoms with Crippen molar-refractivity contribution >= 4 is 17.7 Å². The second-order valence-electron chi connectivity index (χ2n) is 6.19. The summed E-state index contributed by atoms with van der Waals surface area (Å²) in [4.78, 5) is 10.8. The number of hydrazone groups is 1. The predicted octanol–water partition coefficient (Wildman–Crippen LogP) is 3.84. The van der Waals surface area contributed by atoms with Gasteiger partial charge in [-0.15, -0.1) is 0 Å². The zero-order valence-corrected chi connectivity index (χ0v) is 15.9. The molecule has 0 saturated heterocycles. The lowest BCUT2D eigenvalue weighted by atomic mass is 10.1. The molecule has 0 aliphatic heterocycles. The highest BCUT2D eigenvalue weighted by atomic mass is 16.5. The van der Waals surface area contributed by atoms with E-state index in [2.05, 4.69) is 22.6 Å². The smallest absolute Gasteiger partial charge is 0.143 e. The number of anilines is 1. The standard InChI is InChI=1S/C21H27N3O2/c1-16(14-15-25)21(17(2)22-3)23-24(4)18-10-12-20(13-11-18)26-19-8-6-5-7-9-19/h6,8-15,17,22H,5,7H2,1-4H3/b16-14-,23-21+. The van der Waals surface area contributed by atoms with Crippen LogP contribution in [0.1, 0.15) is 26.7 Å². The summed E-state index contributed by atoms with van der Waals surface area (Å²) >= 11 is 0. The van der Waals surface area contributed by atoms with Crippen molar-refractivity contribution in [3.63, 3.8) is 0 Å². The minimum absolute atomic E-state index is 0.0290. The molecular formula is C21H27N3O2. The van der Waals surface area contributed by atoms with Crippen LogP contribution in [0.15, 0.2) is 65.0 Å². The first-order valence-corrected chi connectivity index (χ1v) is 8.81. The summed E-state index contributed by atoms with van der Waals surface area (Å²) < 4.78 is 5.86. The van der Waals surface area contributed by atoms with E-state index in [-0.39, 0.29) is 6.04 Å². The van der Waals surface area contributed by atoms with Crippen LogP contribution in [0, 0.1) is 0 Å². The van der Waals surface area contributed by atoms with Gasteiger partial charge in [0.25, 0.3) is 0 Å². The molecule has 1 aliphatic rings. The molecule has 0 aromatic heterocycles. The fourth-order valence-corrected chi connectivity index (χ4v) is 2.58. The van der Waals surface area contributed by atoms with Crippen LogP contribution in [0.3, 0.4) is 0 Å². The van der Waals surface area contributed by atoms with Gasteiger partial charge >= 0.3 is 0 Å². The van der Waals surface area contributed by atoms with Gasteiger partial charge in [-0.1, -0.05) is 6.08 Å². The van der Waals surface area contributed by atoms with E-state index in [0.717, 1.165) is 47.6 Å². The molecule has 0 amide bonds. The molecule has 138 valence electrons. The van der Waals surface area contributed by atoms with E-state index in [1.165, 1.54) is 6.08 Å². The van der Waals surface area contributed by atoms with Gasteiger partial charge < -0.3 is 10.1 Å². The molecule has 26 heavy (non-hydrogen) atoms. The molecule has 1 N–H and O–H groups in total. The van der Waals surface area contributed by atoms with E-state index in [0.29, 0.717) is 0 Å². The molecule has 2 rings (SSSR count). The van der Waals surface area contributed by atoms with Crippen molar-refractivity contribution in [2.75, 3.05) is 19.1 Å². The molecule has 5 heteroatoms. The number of allylic oxidation sites excluding steroid dienone is 4. The molecule has 0 radical (unpaired) electrons. The highest BCUT2D eigenvalue weighted by Crippen LogP contribution is 2.22. The van der Waals surface area contributed by atoms with Crippen molar-refractivity contribution in [2.45, 2.75) is 32.7 Å². The molecule has 1 aromatic rings. The zero-order chi connectivity index (χ0) is 18.9. The molecule has 5 nitrogen and oxygen atoms in total. The van der Waals surface area contributed by atoms with Gasteiger partial charge in [0.2, 0.25) is 0 Å². The van der Waals surface area contributed by atoms with Gasteiger partial charge in [-0.3, -0.25) is 9.80 Å². The lowest BCUT2D eigenvalue weighted by molar-refractivity contribution is -0.104. The van der Waals surface area contributed by atoms with Crippen molar-refractivity contribution < 1.29 is 9.53 Å². The Morgan fingerprint density at radius 2 is 2.04 bits per heavy atom. The molecule has 1 unspecified atom stereocenters. The highest BCUT2D eigenvalue weighted by Gasteiger charge is 2.12. The third-order valence-electron chi connectivity index (χ3n) is 4.23. The number of hydrogen-bond acceptors (Lipinski definition) is 5. The predicted molar refractivity (Wildman–Crippen MR) is 108 cm³/mol. The second kappa shape index (κ2) is 9.73. The molecule has 1 aliphatic carbocycles. The maximum absolute atomic E-state index is 10.8. The number of carbonyl (C=O) groups is 1. The first-order valence-electron chi connectivity index (χ1n) is 8.81. The summed E-state index contributed by atoms with van der Waals surface area (Å²) in [6, 6.07) is 7.82. The third-order valence-corrected chi connectivity index (χ3v) is 4.23. The van der Waals surface area contributed by atoms with E-state index in [4.69, 9.17) is 4.74 Å². The SMILES string of the molecule is CNC(C)C(=N/N(C)c1ccc(OC2=CCCC=C2)cc1)/C(C)=C\C=O. The molecular weight excluding hydrogens is 326 g/mol. The van der Waals surface area contributed by atoms with E-state index >= 15 is 0 Å². The van der Waals surface area contributed by atoms with E-state index in [1.807, 2.05) is 58.3 Å². The topological polar surface area (TPSA) is 53.9 Å². The average Bonchev–Trinajstić information content (AvgIpc) is 2.67. The van der Waals surface area contributed by atoms with Crippen LogP contribution in [0.2, 0.25) is 0 Å². The maximum Gasteiger partial charge on any atom is 0.143 e. The van der Waals surface area contributed by atoms with Gasteiger partial charge in [0.05, 0.1) is 11.4 Å². The monoisotopic (exact) mass is 353 g/mol. The molecule has 0 spiro atoms. The van der Waals surface area contributed by atoms with E-state index in [1.54, 1.807) is 5.01 Å². The summed E-state index contributed by atoms with van der Waals surface area (Å²) in [5.41, 5.74) is 2.59. The fraction of sp³-hybridized carbons (Fsp3) is 0.333. The lowest BCUT2D eigenvalue weighted by Gasteiger charge is -2.20. The Kier molecular flexibility index (Phi) is 7.36. The molecule has 0 fully saturated rings. The number of benzene rings is 1. The summed E-state index contributed by atoms with van der Waals surface area (Å²) in [5, 5.41) is 9.65. The van der Waals surface area contributed by atoms with Crippen LogP contribution in [-0.2, 0) is 4.79 Å². The number of hydrogen-bond donors (Lipinski definition) is 1. The first-order chi connectivity index (χ1) is 12.5. The van der Waals surface area contributed by atoms with E-state index in [9.17, 15) is 4.79 Å². The summed E-state index contributed by atoms with van der Waals surface area (Å²) in [6.07, 6.45) is 10.6. The number of aldehydes is 1. The van der Waals surface area contributed by atoms with Crippen LogP contribution >= 0.6 is 0 Å². The minimum Gasteiger partial charge on any atom is -0.458 e. The largest absolute Gasteiger partial charge is 0.458 e. The second-order valence-corrected chi connectivity index (χ2v) is 6.19. The first kappa shape index (κ1) is 19.7. The summed E-state index contributed by atoms with van der Waals surface area (Å²) in [7, 11) is 3.76. The average molecular weight is 353 g/mol. The quantitative estimate of drug-likeness (QED) is 0.334. The van der Waals surface area contributed by atoms with Gasteiger partial charge in [0.1, 0.15) is 17.8 Å². The number of carbonyl (C=O) groups excluding carboxylic acids is 1. The molecule has 0 heterocycles.